The van der Waals surface area contributed by atoms with Crippen LogP contribution in [-0.4, -0.2) is 59.3 Å². The van der Waals surface area contributed by atoms with Crippen LogP contribution >= 0.6 is 22.7 Å². The van der Waals surface area contributed by atoms with Gasteiger partial charge in [-0.2, -0.15) is 0 Å². The van der Waals surface area contributed by atoms with Gasteiger partial charge < -0.3 is 10.6 Å². The lowest BCUT2D eigenvalue weighted by Gasteiger charge is -2.33. The summed E-state index contributed by atoms with van der Waals surface area (Å²) in [6.07, 6.45) is 0. The number of rotatable bonds is 4. The Morgan fingerprint density at radius 2 is 2.00 bits per heavy atom. The van der Waals surface area contributed by atoms with Crippen molar-refractivity contribution in [3.63, 3.8) is 0 Å². The van der Waals surface area contributed by atoms with Crippen LogP contribution in [0.5, 0.6) is 0 Å². The number of hydrogen-bond donors (Lipinski definition) is 1. The minimum Gasteiger partial charge on any atom is -0.369 e. The van der Waals surface area contributed by atoms with Crippen LogP contribution < -0.4 is 5.73 Å². The first kappa shape index (κ1) is 15.1. The largest absolute Gasteiger partial charge is 0.369 e. The van der Waals surface area contributed by atoms with Crippen LogP contribution in [0.1, 0.15) is 10.5 Å². The molecule has 8 heteroatoms. The van der Waals surface area contributed by atoms with Gasteiger partial charge in [-0.1, -0.05) is 6.07 Å². The number of primary amides is 1. The summed E-state index contributed by atoms with van der Waals surface area (Å²) < 4.78 is 0. The molecule has 2 aromatic heterocycles. The molecule has 2 N–H and O–H groups in total. The van der Waals surface area contributed by atoms with Crippen LogP contribution in [0.15, 0.2) is 22.9 Å². The number of thiophene rings is 1. The summed E-state index contributed by atoms with van der Waals surface area (Å²) in [4.78, 5) is 32.7. The van der Waals surface area contributed by atoms with Gasteiger partial charge >= 0.3 is 0 Å². The van der Waals surface area contributed by atoms with E-state index in [1.165, 1.54) is 11.3 Å². The molecule has 3 rings (SSSR count). The molecule has 0 bridgehead atoms. The SMILES string of the molecule is NC(=O)CN1CCN(C(=O)c2csc(-c3cccs3)n2)CC1. The second kappa shape index (κ2) is 6.55. The average molecular weight is 336 g/mol. The van der Waals surface area contributed by atoms with Crippen LogP contribution in [0.4, 0.5) is 0 Å². The van der Waals surface area contributed by atoms with Gasteiger partial charge in [-0.25, -0.2) is 4.98 Å². The fraction of sp³-hybridized carbons (Fsp3) is 0.357. The zero-order chi connectivity index (χ0) is 15.5. The Hall–Kier alpha value is -1.77. The van der Waals surface area contributed by atoms with E-state index in [2.05, 4.69) is 4.98 Å². The number of thiazole rings is 1. The Labute approximate surface area is 136 Å². The van der Waals surface area contributed by atoms with Gasteiger partial charge in [0.1, 0.15) is 10.7 Å². The molecule has 1 aliphatic heterocycles. The van der Waals surface area contributed by atoms with Crippen LogP contribution in [0, 0.1) is 0 Å². The summed E-state index contributed by atoms with van der Waals surface area (Å²) in [6, 6.07) is 3.97. The third kappa shape index (κ3) is 3.34. The minimum absolute atomic E-state index is 0.0437. The van der Waals surface area contributed by atoms with E-state index in [1.807, 2.05) is 27.8 Å². The highest BCUT2D eigenvalue weighted by Crippen LogP contribution is 2.28. The lowest BCUT2D eigenvalue weighted by Crippen LogP contribution is -2.50. The molecule has 1 aliphatic rings. The van der Waals surface area contributed by atoms with Crippen molar-refractivity contribution < 1.29 is 9.59 Å². The van der Waals surface area contributed by atoms with E-state index >= 15 is 0 Å². The summed E-state index contributed by atoms with van der Waals surface area (Å²) >= 11 is 3.10. The van der Waals surface area contributed by atoms with Gasteiger partial charge in [0.2, 0.25) is 5.91 Å². The molecule has 22 heavy (non-hydrogen) atoms. The lowest BCUT2D eigenvalue weighted by atomic mass is 10.3. The van der Waals surface area contributed by atoms with Gasteiger partial charge in [-0.3, -0.25) is 14.5 Å². The molecule has 0 unspecified atom stereocenters. The highest BCUT2D eigenvalue weighted by molar-refractivity contribution is 7.20. The van der Waals surface area contributed by atoms with Crippen molar-refractivity contribution in [1.29, 1.82) is 0 Å². The van der Waals surface area contributed by atoms with Crippen LogP contribution in [0.25, 0.3) is 9.88 Å². The molecule has 3 heterocycles. The first-order chi connectivity index (χ1) is 10.6. The van der Waals surface area contributed by atoms with Gasteiger partial charge in [0.15, 0.2) is 0 Å². The number of nitrogens with zero attached hydrogens (tertiary/aromatic N) is 3. The molecule has 0 aromatic carbocycles. The lowest BCUT2D eigenvalue weighted by molar-refractivity contribution is -0.119. The number of aromatic nitrogens is 1. The van der Waals surface area contributed by atoms with Crippen molar-refractivity contribution in [2.24, 2.45) is 5.73 Å². The van der Waals surface area contributed by atoms with Crippen molar-refractivity contribution in [2.45, 2.75) is 0 Å². The Morgan fingerprint density at radius 1 is 1.23 bits per heavy atom. The normalized spacial score (nSPS) is 15.9. The topological polar surface area (TPSA) is 79.5 Å². The molecule has 0 radical (unpaired) electrons. The predicted octanol–water partition coefficient (Wildman–Crippen LogP) is 1.11. The number of piperazine rings is 1. The van der Waals surface area contributed by atoms with Crippen molar-refractivity contribution in [1.82, 2.24) is 14.8 Å². The fourth-order valence-corrected chi connectivity index (χ4v) is 3.98. The Balaban J connectivity index is 1.62. The highest BCUT2D eigenvalue weighted by atomic mass is 32.1. The van der Waals surface area contributed by atoms with Gasteiger partial charge in [0, 0.05) is 31.6 Å². The molecule has 0 atom stereocenters. The third-order valence-corrected chi connectivity index (χ3v) is 5.38. The first-order valence-corrected chi connectivity index (χ1v) is 8.69. The molecule has 2 aromatic rings. The summed E-state index contributed by atoms with van der Waals surface area (Å²) in [7, 11) is 0. The zero-order valence-corrected chi connectivity index (χ0v) is 13.5. The van der Waals surface area contributed by atoms with E-state index in [0.717, 1.165) is 9.88 Å². The monoisotopic (exact) mass is 336 g/mol. The van der Waals surface area contributed by atoms with Gasteiger partial charge in [-0.15, -0.1) is 22.7 Å². The molecule has 0 spiro atoms. The number of carbonyl (C=O) groups excluding carboxylic acids is 2. The highest BCUT2D eigenvalue weighted by Gasteiger charge is 2.24. The summed E-state index contributed by atoms with van der Waals surface area (Å²) in [5, 5.41) is 4.69. The van der Waals surface area contributed by atoms with E-state index in [4.69, 9.17) is 5.73 Å². The summed E-state index contributed by atoms with van der Waals surface area (Å²) in [5.41, 5.74) is 5.69. The summed E-state index contributed by atoms with van der Waals surface area (Å²) in [5.74, 6) is -0.377. The number of hydrogen-bond acceptors (Lipinski definition) is 6. The van der Waals surface area contributed by atoms with Gasteiger partial charge in [0.25, 0.3) is 5.91 Å². The van der Waals surface area contributed by atoms with Crippen molar-refractivity contribution in [3.05, 3.63) is 28.6 Å². The average Bonchev–Trinajstić information content (AvgIpc) is 3.18. The molecular formula is C14H16N4O2S2. The van der Waals surface area contributed by atoms with Gasteiger partial charge in [0.05, 0.1) is 11.4 Å². The predicted molar refractivity (Wildman–Crippen MR) is 87.0 cm³/mol. The molecule has 2 amide bonds. The Morgan fingerprint density at radius 3 is 2.64 bits per heavy atom. The molecular weight excluding hydrogens is 320 g/mol. The van der Waals surface area contributed by atoms with Crippen molar-refractivity contribution in [2.75, 3.05) is 32.7 Å². The molecule has 0 saturated carbocycles. The third-order valence-electron chi connectivity index (χ3n) is 3.49. The Kier molecular flexibility index (Phi) is 4.51. The maximum atomic E-state index is 12.5. The second-order valence-corrected chi connectivity index (χ2v) is 6.86. The van der Waals surface area contributed by atoms with E-state index in [9.17, 15) is 9.59 Å². The fourth-order valence-electron chi connectivity index (χ4n) is 2.38. The van der Waals surface area contributed by atoms with Crippen LogP contribution in [0.3, 0.4) is 0 Å². The molecule has 116 valence electrons. The van der Waals surface area contributed by atoms with E-state index in [-0.39, 0.29) is 18.4 Å². The maximum absolute atomic E-state index is 12.5. The van der Waals surface area contributed by atoms with Crippen LogP contribution in [0.2, 0.25) is 0 Å². The quantitative estimate of drug-likeness (QED) is 0.907. The molecule has 0 aliphatic carbocycles. The molecule has 6 nitrogen and oxygen atoms in total. The number of nitrogens with two attached hydrogens (primary N) is 1. The van der Waals surface area contributed by atoms with Crippen LogP contribution in [-0.2, 0) is 4.79 Å². The number of carbonyl (C=O) groups is 2. The smallest absolute Gasteiger partial charge is 0.273 e. The standard InChI is InChI=1S/C14H16N4O2S2/c15-12(19)8-17-3-5-18(6-4-17)14(20)10-9-22-13(16-10)11-2-1-7-21-11/h1-2,7,9H,3-6,8H2,(H2,15,19). The second-order valence-electron chi connectivity index (χ2n) is 5.05. The van der Waals surface area contributed by atoms with E-state index in [0.29, 0.717) is 31.9 Å². The van der Waals surface area contributed by atoms with Crippen molar-refractivity contribution >= 4 is 34.5 Å². The van der Waals surface area contributed by atoms with E-state index in [1.54, 1.807) is 16.2 Å². The molecule has 1 saturated heterocycles. The maximum Gasteiger partial charge on any atom is 0.273 e. The zero-order valence-electron chi connectivity index (χ0n) is 11.9. The van der Waals surface area contributed by atoms with Crippen molar-refractivity contribution in [3.8, 4) is 9.88 Å². The summed E-state index contributed by atoms with van der Waals surface area (Å²) in [6.45, 7) is 2.77. The minimum atomic E-state index is -0.333. The van der Waals surface area contributed by atoms with Gasteiger partial charge in [-0.05, 0) is 11.4 Å². The molecule has 1 fully saturated rings. The number of amides is 2. The Bertz CT molecular complexity index is 660. The van der Waals surface area contributed by atoms with E-state index < -0.39 is 0 Å². The first-order valence-electron chi connectivity index (χ1n) is 6.93.